The summed E-state index contributed by atoms with van der Waals surface area (Å²) in [5.74, 6) is 1.91. The molecule has 1 aliphatic rings. The van der Waals surface area contributed by atoms with Crippen LogP contribution in [0.2, 0.25) is 0 Å². The normalized spacial score (nSPS) is 15.4. The molecule has 2 aromatic heterocycles. The van der Waals surface area contributed by atoms with E-state index in [2.05, 4.69) is 56.5 Å². The summed E-state index contributed by atoms with van der Waals surface area (Å²) in [7, 11) is 1.80. The lowest BCUT2D eigenvalue weighted by Gasteiger charge is -2.21. The zero-order valence-electron chi connectivity index (χ0n) is 17.3. The van der Waals surface area contributed by atoms with E-state index < -0.39 is 0 Å². The number of rotatable bonds is 6. The van der Waals surface area contributed by atoms with Gasteiger partial charge in [0.1, 0.15) is 5.82 Å². The molecular formula is C21H32N6S. The molecule has 6 nitrogen and oxygen atoms in total. The highest BCUT2D eigenvalue weighted by molar-refractivity contribution is 7.11. The Labute approximate surface area is 172 Å². The lowest BCUT2D eigenvalue weighted by molar-refractivity contribution is 0.726. The molecule has 0 amide bonds. The maximum absolute atomic E-state index is 4.68. The Morgan fingerprint density at radius 2 is 1.93 bits per heavy atom. The van der Waals surface area contributed by atoms with Crippen LogP contribution in [0.3, 0.4) is 0 Å². The predicted octanol–water partition coefficient (Wildman–Crippen LogP) is 3.44. The first-order valence-electron chi connectivity index (χ1n) is 10.2. The predicted molar refractivity (Wildman–Crippen MR) is 118 cm³/mol. The number of thiazole rings is 1. The Kier molecular flexibility index (Phi) is 7.65. The third kappa shape index (κ3) is 5.92. The highest BCUT2D eigenvalue weighted by atomic mass is 32.1. The van der Waals surface area contributed by atoms with Crippen molar-refractivity contribution >= 4 is 23.1 Å². The van der Waals surface area contributed by atoms with Crippen LogP contribution in [0, 0.1) is 13.8 Å². The number of pyridine rings is 1. The van der Waals surface area contributed by atoms with Gasteiger partial charge in [0.05, 0.1) is 10.7 Å². The van der Waals surface area contributed by atoms with Crippen LogP contribution >= 0.6 is 11.3 Å². The summed E-state index contributed by atoms with van der Waals surface area (Å²) in [5.41, 5.74) is 2.30. The van der Waals surface area contributed by atoms with Crippen LogP contribution in [0.4, 0.5) is 5.82 Å². The number of nitrogens with one attached hydrogen (secondary N) is 2. The van der Waals surface area contributed by atoms with Gasteiger partial charge in [0, 0.05) is 50.7 Å². The van der Waals surface area contributed by atoms with Crippen LogP contribution in [-0.4, -0.2) is 42.6 Å². The Morgan fingerprint density at radius 1 is 1.14 bits per heavy atom. The summed E-state index contributed by atoms with van der Waals surface area (Å²) in [5, 5.41) is 7.90. The number of nitrogens with zero attached hydrogens (tertiary/aromatic N) is 4. The van der Waals surface area contributed by atoms with E-state index in [4.69, 9.17) is 0 Å². The van der Waals surface area contributed by atoms with Crippen molar-refractivity contribution in [1.29, 1.82) is 0 Å². The van der Waals surface area contributed by atoms with Gasteiger partial charge in [-0.05, 0) is 38.3 Å². The second-order valence-corrected chi connectivity index (χ2v) is 8.57. The molecule has 152 valence electrons. The molecule has 0 unspecified atom stereocenters. The second-order valence-electron chi connectivity index (χ2n) is 7.28. The Hall–Kier alpha value is -2.15. The van der Waals surface area contributed by atoms with E-state index in [-0.39, 0.29) is 0 Å². The molecule has 2 N–H and O–H groups in total. The first-order valence-corrected chi connectivity index (χ1v) is 11.0. The molecule has 0 bridgehead atoms. The third-order valence-corrected chi connectivity index (χ3v) is 6.26. The molecular weight excluding hydrogens is 368 g/mol. The molecule has 1 fully saturated rings. The fraction of sp³-hybridized carbons (Fsp3) is 0.571. The summed E-state index contributed by atoms with van der Waals surface area (Å²) in [4.78, 5) is 17.3. The largest absolute Gasteiger partial charge is 0.357 e. The molecule has 0 spiro atoms. The number of aliphatic imine (C=N–C) groups is 1. The Balaban J connectivity index is 1.44. The van der Waals surface area contributed by atoms with Gasteiger partial charge in [-0.25, -0.2) is 9.97 Å². The quantitative estimate of drug-likeness (QED) is 0.574. The van der Waals surface area contributed by atoms with Crippen LogP contribution in [-0.2, 0) is 13.0 Å². The highest BCUT2D eigenvalue weighted by Gasteiger charge is 2.11. The van der Waals surface area contributed by atoms with Crippen molar-refractivity contribution in [2.45, 2.75) is 52.5 Å². The van der Waals surface area contributed by atoms with Gasteiger partial charge in [0.25, 0.3) is 0 Å². The molecule has 28 heavy (non-hydrogen) atoms. The van der Waals surface area contributed by atoms with E-state index in [1.165, 1.54) is 35.6 Å². The van der Waals surface area contributed by atoms with Gasteiger partial charge in [-0.15, -0.1) is 11.3 Å². The third-order valence-electron chi connectivity index (χ3n) is 5.13. The average molecular weight is 401 g/mol. The van der Waals surface area contributed by atoms with Gasteiger partial charge >= 0.3 is 0 Å². The first-order chi connectivity index (χ1) is 13.7. The summed E-state index contributed by atoms with van der Waals surface area (Å²) in [6.07, 6.45) is 8.10. The van der Waals surface area contributed by atoms with E-state index in [9.17, 15) is 0 Å². The fourth-order valence-corrected chi connectivity index (χ4v) is 4.28. The molecule has 3 heterocycles. The lowest BCUT2D eigenvalue weighted by atomic mass is 10.2. The molecule has 3 rings (SSSR count). The van der Waals surface area contributed by atoms with Gasteiger partial charge in [-0.1, -0.05) is 18.9 Å². The van der Waals surface area contributed by atoms with Crippen molar-refractivity contribution < 1.29 is 0 Å². The fourth-order valence-electron chi connectivity index (χ4n) is 3.35. The van der Waals surface area contributed by atoms with E-state index in [1.807, 2.05) is 6.20 Å². The maximum atomic E-state index is 4.68. The zero-order valence-corrected chi connectivity index (χ0v) is 18.1. The number of hydrogen-bond donors (Lipinski definition) is 2. The molecule has 0 aromatic carbocycles. The van der Waals surface area contributed by atoms with Gasteiger partial charge in [0.15, 0.2) is 5.96 Å². The van der Waals surface area contributed by atoms with Crippen molar-refractivity contribution in [2.75, 3.05) is 31.6 Å². The topological polar surface area (TPSA) is 65.4 Å². The summed E-state index contributed by atoms with van der Waals surface area (Å²) in [6, 6.07) is 4.31. The number of hydrogen-bond acceptors (Lipinski definition) is 5. The Morgan fingerprint density at radius 3 is 2.54 bits per heavy atom. The van der Waals surface area contributed by atoms with Crippen molar-refractivity contribution in [3.63, 3.8) is 0 Å². The molecule has 0 saturated carbocycles. The van der Waals surface area contributed by atoms with Crippen molar-refractivity contribution in [2.24, 2.45) is 4.99 Å². The monoisotopic (exact) mass is 400 g/mol. The molecule has 7 heteroatoms. The number of anilines is 1. The minimum atomic E-state index is 0.711. The van der Waals surface area contributed by atoms with Gasteiger partial charge in [0.2, 0.25) is 0 Å². The minimum Gasteiger partial charge on any atom is -0.357 e. The molecule has 2 aromatic rings. The summed E-state index contributed by atoms with van der Waals surface area (Å²) in [6.45, 7) is 7.96. The zero-order chi connectivity index (χ0) is 19.8. The van der Waals surface area contributed by atoms with E-state index in [1.54, 1.807) is 18.4 Å². The number of aryl methyl sites for hydroxylation is 2. The smallest absolute Gasteiger partial charge is 0.191 e. The molecule has 0 radical (unpaired) electrons. The summed E-state index contributed by atoms with van der Waals surface area (Å²) < 4.78 is 0. The average Bonchev–Trinajstić information content (AvgIpc) is 2.91. The van der Waals surface area contributed by atoms with Crippen LogP contribution in [0.25, 0.3) is 0 Å². The SMILES string of the molecule is CN=C(NCCc1nc(C)c(C)s1)NCc1ccc(N2CCCCCC2)nc1. The summed E-state index contributed by atoms with van der Waals surface area (Å²) >= 11 is 1.77. The van der Waals surface area contributed by atoms with Crippen molar-refractivity contribution in [3.8, 4) is 0 Å². The lowest BCUT2D eigenvalue weighted by Crippen LogP contribution is -2.37. The van der Waals surface area contributed by atoms with Gasteiger partial charge in [-0.3, -0.25) is 4.99 Å². The Bertz CT molecular complexity index is 740. The first kappa shape index (κ1) is 20.6. The van der Waals surface area contributed by atoms with E-state index in [0.717, 1.165) is 49.1 Å². The standard InChI is InChI=1S/C21H32N6S/c1-16-17(2)28-20(26-16)10-11-23-21(22-3)25-15-18-8-9-19(24-14-18)27-12-6-4-5-7-13-27/h8-9,14H,4-7,10-13,15H2,1-3H3,(H2,22,23,25). The van der Waals surface area contributed by atoms with Gasteiger partial charge in [-0.2, -0.15) is 0 Å². The van der Waals surface area contributed by atoms with Crippen LogP contribution in [0.1, 0.15) is 46.8 Å². The van der Waals surface area contributed by atoms with Crippen molar-refractivity contribution in [3.05, 3.63) is 39.5 Å². The van der Waals surface area contributed by atoms with Crippen molar-refractivity contribution in [1.82, 2.24) is 20.6 Å². The molecule has 0 aliphatic carbocycles. The highest BCUT2D eigenvalue weighted by Crippen LogP contribution is 2.18. The van der Waals surface area contributed by atoms with Crippen LogP contribution in [0.15, 0.2) is 23.3 Å². The number of guanidine groups is 1. The minimum absolute atomic E-state index is 0.711. The van der Waals surface area contributed by atoms with Crippen LogP contribution < -0.4 is 15.5 Å². The number of aromatic nitrogens is 2. The maximum Gasteiger partial charge on any atom is 0.191 e. The van der Waals surface area contributed by atoms with Gasteiger partial charge < -0.3 is 15.5 Å². The molecule has 1 saturated heterocycles. The van der Waals surface area contributed by atoms with E-state index >= 15 is 0 Å². The van der Waals surface area contributed by atoms with Crippen LogP contribution in [0.5, 0.6) is 0 Å². The van der Waals surface area contributed by atoms with E-state index in [0.29, 0.717) is 6.54 Å². The molecule has 0 atom stereocenters. The second kappa shape index (κ2) is 10.4. The molecule has 1 aliphatic heterocycles.